The molecule has 0 aliphatic rings. The summed E-state index contributed by atoms with van der Waals surface area (Å²) in [6.07, 6.45) is 2.14. The van der Waals surface area contributed by atoms with Crippen molar-refractivity contribution in [1.82, 2.24) is 15.1 Å². The number of hydrogen-bond acceptors (Lipinski definition) is 3. The van der Waals surface area contributed by atoms with Crippen LogP contribution in [0, 0.1) is 11.3 Å². The van der Waals surface area contributed by atoms with Crippen molar-refractivity contribution >= 4 is 5.91 Å². The first kappa shape index (κ1) is 10.3. The lowest BCUT2D eigenvalue weighted by Crippen LogP contribution is -2.34. The maximum absolute atomic E-state index is 11.5. The summed E-state index contributed by atoms with van der Waals surface area (Å²) < 4.78 is 1.47. The zero-order valence-corrected chi connectivity index (χ0v) is 8.19. The molecule has 0 aliphatic carbocycles. The van der Waals surface area contributed by atoms with E-state index in [9.17, 15) is 4.79 Å². The second kappa shape index (κ2) is 4.42. The molecule has 1 amide bonds. The molecule has 5 nitrogen and oxygen atoms in total. The largest absolute Gasteiger partial charge is 0.335 e. The van der Waals surface area contributed by atoms with Crippen LogP contribution in [0.25, 0.3) is 0 Å². The second-order valence-corrected chi connectivity index (χ2v) is 2.90. The molecule has 0 radical (unpaired) electrons. The summed E-state index contributed by atoms with van der Waals surface area (Å²) in [7, 11) is 1.68. The van der Waals surface area contributed by atoms with Crippen LogP contribution in [0.1, 0.15) is 23.8 Å². The van der Waals surface area contributed by atoms with Gasteiger partial charge in [-0.2, -0.15) is 10.4 Å². The normalized spacial score (nSPS) is 11.8. The van der Waals surface area contributed by atoms with Crippen molar-refractivity contribution < 1.29 is 4.79 Å². The lowest BCUT2D eigenvalue weighted by atomic mass is 10.2. The van der Waals surface area contributed by atoms with Gasteiger partial charge in [0, 0.05) is 13.2 Å². The predicted octanol–water partition coefficient (Wildman–Crippen LogP) is 0.452. The molecule has 1 aromatic heterocycles. The second-order valence-electron chi connectivity index (χ2n) is 2.90. The Morgan fingerprint density at radius 3 is 3.00 bits per heavy atom. The van der Waals surface area contributed by atoms with Gasteiger partial charge in [-0.1, -0.05) is 6.92 Å². The molecule has 1 aromatic rings. The van der Waals surface area contributed by atoms with Crippen LogP contribution < -0.4 is 5.32 Å². The number of nitriles is 1. The molecule has 1 unspecified atom stereocenters. The Hall–Kier alpha value is -1.83. The van der Waals surface area contributed by atoms with Crippen molar-refractivity contribution in [2.75, 3.05) is 0 Å². The average molecular weight is 192 g/mol. The van der Waals surface area contributed by atoms with Gasteiger partial charge in [0.15, 0.2) is 0 Å². The summed E-state index contributed by atoms with van der Waals surface area (Å²) in [5, 5.41) is 15.1. The summed E-state index contributed by atoms with van der Waals surface area (Å²) in [6, 6.07) is 3.18. The molecule has 0 aromatic carbocycles. The number of nitrogens with one attached hydrogen (secondary N) is 1. The van der Waals surface area contributed by atoms with E-state index in [1.807, 2.05) is 13.0 Å². The Labute approximate surface area is 82.3 Å². The number of nitrogens with zero attached hydrogens (tertiary/aromatic N) is 3. The molecule has 0 saturated carbocycles. The highest BCUT2D eigenvalue weighted by Crippen LogP contribution is 1.97. The quantitative estimate of drug-likeness (QED) is 0.755. The van der Waals surface area contributed by atoms with Gasteiger partial charge in [0.1, 0.15) is 11.7 Å². The molecule has 0 aliphatic heterocycles. The first-order valence-electron chi connectivity index (χ1n) is 4.37. The number of amides is 1. The summed E-state index contributed by atoms with van der Waals surface area (Å²) in [5.74, 6) is -0.265. The summed E-state index contributed by atoms with van der Waals surface area (Å²) in [6.45, 7) is 1.84. The minimum absolute atomic E-state index is 0.265. The number of hydrogen-bond donors (Lipinski definition) is 1. The molecular formula is C9H12N4O. The molecule has 1 heterocycles. The standard InChI is InChI=1S/C9H12N4O/c1-3-7(6-10)12-9(14)8-4-5-11-13(8)2/h4-5,7H,3H2,1-2H3,(H,12,14). The zero-order valence-electron chi connectivity index (χ0n) is 8.19. The maximum atomic E-state index is 11.5. The molecule has 0 saturated heterocycles. The molecule has 74 valence electrons. The SMILES string of the molecule is CCC(C#N)NC(=O)c1ccnn1C. The van der Waals surface area contributed by atoms with Crippen molar-refractivity contribution in [3.05, 3.63) is 18.0 Å². The highest BCUT2D eigenvalue weighted by molar-refractivity contribution is 5.92. The first-order valence-corrected chi connectivity index (χ1v) is 4.37. The fourth-order valence-electron chi connectivity index (χ4n) is 1.05. The van der Waals surface area contributed by atoms with Gasteiger partial charge in [0.25, 0.3) is 5.91 Å². The van der Waals surface area contributed by atoms with Crippen LogP contribution in [0.2, 0.25) is 0 Å². The number of aromatic nitrogens is 2. The Balaban J connectivity index is 2.69. The van der Waals surface area contributed by atoms with Crippen molar-refractivity contribution in [2.24, 2.45) is 7.05 Å². The van der Waals surface area contributed by atoms with E-state index >= 15 is 0 Å². The smallest absolute Gasteiger partial charge is 0.270 e. The van der Waals surface area contributed by atoms with Gasteiger partial charge >= 0.3 is 0 Å². The molecule has 0 fully saturated rings. The van der Waals surface area contributed by atoms with Crippen LogP contribution >= 0.6 is 0 Å². The van der Waals surface area contributed by atoms with Crippen LogP contribution in [0.4, 0.5) is 0 Å². The minimum Gasteiger partial charge on any atom is -0.335 e. The lowest BCUT2D eigenvalue weighted by Gasteiger charge is -2.08. The van der Waals surface area contributed by atoms with Gasteiger partial charge < -0.3 is 5.32 Å². The number of aryl methyl sites for hydroxylation is 1. The van der Waals surface area contributed by atoms with Crippen LogP contribution in [0.15, 0.2) is 12.3 Å². The predicted molar refractivity (Wildman–Crippen MR) is 50.4 cm³/mol. The van der Waals surface area contributed by atoms with Crippen molar-refractivity contribution in [3.63, 3.8) is 0 Å². The number of carbonyl (C=O) groups is 1. The van der Waals surface area contributed by atoms with E-state index in [1.54, 1.807) is 19.3 Å². The highest BCUT2D eigenvalue weighted by atomic mass is 16.2. The third kappa shape index (κ3) is 2.10. The Kier molecular flexibility index (Phi) is 3.24. The van der Waals surface area contributed by atoms with E-state index in [0.29, 0.717) is 12.1 Å². The highest BCUT2D eigenvalue weighted by Gasteiger charge is 2.13. The van der Waals surface area contributed by atoms with E-state index < -0.39 is 6.04 Å². The van der Waals surface area contributed by atoms with Crippen LogP contribution in [-0.4, -0.2) is 21.7 Å². The monoisotopic (exact) mass is 192 g/mol. The lowest BCUT2D eigenvalue weighted by molar-refractivity contribution is 0.0935. The van der Waals surface area contributed by atoms with Crippen molar-refractivity contribution in [3.8, 4) is 6.07 Å². The van der Waals surface area contributed by atoms with Gasteiger partial charge in [-0.25, -0.2) is 0 Å². The number of carbonyl (C=O) groups excluding carboxylic acids is 1. The van der Waals surface area contributed by atoms with E-state index in [0.717, 1.165) is 0 Å². The van der Waals surface area contributed by atoms with Gasteiger partial charge in [0.2, 0.25) is 0 Å². The first-order chi connectivity index (χ1) is 6.69. The van der Waals surface area contributed by atoms with Crippen LogP contribution in [0.3, 0.4) is 0 Å². The van der Waals surface area contributed by atoms with E-state index in [-0.39, 0.29) is 5.91 Å². The molecule has 1 atom stereocenters. The molecular weight excluding hydrogens is 180 g/mol. The minimum atomic E-state index is -0.433. The molecule has 0 bridgehead atoms. The van der Waals surface area contributed by atoms with Crippen LogP contribution in [-0.2, 0) is 7.05 Å². The molecule has 0 spiro atoms. The van der Waals surface area contributed by atoms with Gasteiger partial charge in [-0.05, 0) is 12.5 Å². The average Bonchev–Trinajstić information content (AvgIpc) is 2.60. The summed E-state index contributed by atoms with van der Waals surface area (Å²) in [4.78, 5) is 11.5. The topological polar surface area (TPSA) is 70.7 Å². The zero-order chi connectivity index (χ0) is 10.6. The number of rotatable bonds is 3. The van der Waals surface area contributed by atoms with Crippen LogP contribution in [0.5, 0.6) is 0 Å². The molecule has 1 rings (SSSR count). The third-order valence-corrected chi connectivity index (χ3v) is 1.92. The summed E-state index contributed by atoms with van der Waals surface area (Å²) in [5.41, 5.74) is 0.457. The van der Waals surface area contributed by atoms with Gasteiger partial charge in [-0.15, -0.1) is 0 Å². The summed E-state index contributed by atoms with van der Waals surface area (Å²) >= 11 is 0. The Bertz CT molecular complexity index is 363. The molecule has 14 heavy (non-hydrogen) atoms. The van der Waals surface area contributed by atoms with Gasteiger partial charge in [0.05, 0.1) is 6.07 Å². The van der Waals surface area contributed by atoms with Crippen molar-refractivity contribution in [2.45, 2.75) is 19.4 Å². The Morgan fingerprint density at radius 2 is 2.57 bits per heavy atom. The Morgan fingerprint density at radius 1 is 1.86 bits per heavy atom. The van der Waals surface area contributed by atoms with Crippen molar-refractivity contribution in [1.29, 1.82) is 5.26 Å². The fourth-order valence-corrected chi connectivity index (χ4v) is 1.05. The van der Waals surface area contributed by atoms with Gasteiger partial charge in [-0.3, -0.25) is 9.48 Å². The van der Waals surface area contributed by atoms with E-state index in [1.165, 1.54) is 4.68 Å². The molecule has 1 N–H and O–H groups in total. The maximum Gasteiger partial charge on any atom is 0.270 e. The van der Waals surface area contributed by atoms with E-state index in [4.69, 9.17) is 5.26 Å². The third-order valence-electron chi connectivity index (χ3n) is 1.92. The van der Waals surface area contributed by atoms with E-state index in [2.05, 4.69) is 10.4 Å². The fraction of sp³-hybridized carbons (Fsp3) is 0.444. The molecule has 5 heteroatoms.